The minimum atomic E-state index is -1.32. The van der Waals surface area contributed by atoms with Gasteiger partial charge in [0.2, 0.25) is 35.4 Å². The molecule has 0 spiro atoms. The van der Waals surface area contributed by atoms with E-state index in [0.29, 0.717) is 82.0 Å². The molecule has 3 aromatic carbocycles. The number of nitrogens with two attached hydrogens (primary N) is 1. The van der Waals surface area contributed by atoms with Gasteiger partial charge in [-0.2, -0.15) is 0 Å². The van der Waals surface area contributed by atoms with Crippen molar-refractivity contribution >= 4 is 83.2 Å². The largest absolute Gasteiger partial charge is 0.493 e. The van der Waals surface area contributed by atoms with Crippen LogP contribution in [-0.4, -0.2) is 201 Å². The molecular weight excluding hydrogens is 1270 g/mol. The van der Waals surface area contributed by atoms with Gasteiger partial charge in [-0.05, 0) is 185 Å². The third-order valence-corrected chi connectivity index (χ3v) is 17.0. The summed E-state index contributed by atoms with van der Waals surface area (Å²) >= 11 is 0. The fourth-order valence-corrected chi connectivity index (χ4v) is 11.7. The molecule has 0 radical (unpaired) electrons. The number of ether oxygens (including phenoxy) is 5. The zero-order chi connectivity index (χ0) is 70.6. The molecule has 11 rings (SSSR count). The minimum absolute atomic E-state index is 0.0743. The van der Waals surface area contributed by atoms with Gasteiger partial charge in [-0.1, -0.05) is 0 Å². The normalized spacial score (nSPS) is 20.9. The number of carbonyl (C=O) groups excluding carboxylic acids is 12. The van der Waals surface area contributed by atoms with Crippen LogP contribution in [-0.2, 0) is 38.2 Å². The fourth-order valence-electron chi connectivity index (χ4n) is 11.7. The average Bonchev–Trinajstić information content (AvgIpc) is 1.62. The molecule has 8 aliphatic rings. The second-order valence-corrected chi connectivity index (χ2v) is 26.6. The second kappa shape index (κ2) is 31.8. The summed E-state index contributed by atoms with van der Waals surface area (Å²) in [5, 5.41) is 28.0. The molecule has 8 heterocycles. The third-order valence-electron chi connectivity index (χ3n) is 17.0. The van der Waals surface area contributed by atoms with Crippen LogP contribution in [0.2, 0.25) is 0 Å². The van der Waals surface area contributed by atoms with Gasteiger partial charge in [-0.25, -0.2) is 19.2 Å². The molecule has 522 valence electrons. The van der Waals surface area contributed by atoms with E-state index in [9.17, 15) is 67.1 Å². The molecule has 97 heavy (non-hydrogen) atoms. The van der Waals surface area contributed by atoms with Crippen LogP contribution in [0.1, 0.15) is 181 Å². The summed E-state index contributed by atoms with van der Waals surface area (Å²) in [4.78, 5) is 171. The number of likely N-dealkylation sites (tertiary alicyclic amines) is 2. The van der Waals surface area contributed by atoms with Gasteiger partial charge in [0.05, 0.1) is 59.2 Å². The van der Waals surface area contributed by atoms with Crippen molar-refractivity contribution < 1.29 is 101 Å². The number of imide groups is 5. The van der Waals surface area contributed by atoms with Crippen molar-refractivity contribution in [2.24, 2.45) is 23.5 Å². The number of carbonyl (C=O) groups is 14. The van der Waals surface area contributed by atoms with Gasteiger partial charge in [-0.15, -0.1) is 0 Å². The SMILES string of the molecule is CC(C)(C)OC(=O)N1CCC(COc2ccc(C(=O)O)c(C(=O)O)c2)CC1.CC(C)(C)OC(=O)N1CCC(COc2ccc3c(c2)C(=O)N(C2CCC(=O)NC2=O)C3=O)CC1.NC1CCC(=O)NC1=O.O=C1CCC(N2C(=O)c3ccc(OCC4CCNCC4)cc3C2=O)C(=O)N1. The van der Waals surface area contributed by atoms with Crippen molar-refractivity contribution in [2.45, 2.75) is 148 Å². The Balaban J connectivity index is 0.000000175. The van der Waals surface area contributed by atoms with Gasteiger partial charge in [0.25, 0.3) is 23.6 Å². The number of piperidine rings is 6. The van der Waals surface area contributed by atoms with E-state index in [1.807, 2.05) is 41.5 Å². The fraction of sp³-hybridized carbons (Fsp3) is 0.522. The highest BCUT2D eigenvalue weighted by Gasteiger charge is 2.47. The predicted molar refractivity (Wildman–Crippen MR) is 340 cm³/mol. The van der Waals surface area contributed by atoms with Gasteiger partial charge in [-0.3, -0.25) is 73.7 Å². The molecule has 6 saturated heterocycles. The quantitative estimate of drug-likeness (QED) is 0.116. The summed E-state index contributed by atoms with van der Waals surface area (Å²) in [6, 6.07) is 11.0. The van der Waals surface area contributed by atoms with Crippen LogP contribution in [0.3, 0.4) is 0 Å². The highest BCUT2D eigenvalue weighted by molar-refractivity contribution is 6.24. The molecule has 0 bridgehead atoms. The summed E-state index contributed by atoms with van der Waals surface area (Å²) in [5.74, 6) is -5.13. The van der Waals surface area contributed by atoms with Crippen molar-refractivity contribution in [1.82, 2.24) is 40.9 Å². The van der Waals surface area contributed by atoms with Crippen LogP contribution in [0.15, 0.2) is 54.6 Å². The maximum Gasteiger partial charge on any atom is 0.410 e. The molecule has 8 aliphatic heterocycles. The Morgan fingerprint density at radius 1 is 0.454 bits per heavy atom. The van der Waals surface area contributed by atoms with Gasteiger partial charge >= 0.3 is 24.1 Å². The summed E-state index contributed by atoms with van der Waals surface area (Å²) in [6.45, 7) is 16.6. The number of hydrogen-bond donors (Lipinski definition) is 7. The van der Waals surface area contributed by atoms with Crippen molar-refractivity contribution in [3.8, 4) is 17.2 Å². The zero-order valence-corrected chi connectivity index (χ0v) is 55.0. The molecule has 30 nitrogen and oxygen atoms in total. The maximum atomic E-state index is 12.9. The number of benzene rings is 3. The van der Waals surface area contributed by atoms with Crippen LogP contribution in [0.5, 0.6) is 17.2 Å². The van der Waals surface area contributed by atoms with Crippen molar-refractivity contribution in [1.29, 1.82) is 0 Å². The lowest BCUT2D eigenvalue weighted by Gasteiger charge is -2.33. The smallest absolute Gasteiger partial charge is 0.410 e. The molecular formula is C67H83N9O21. The van der Waals surface area contributed by atoms with Crippen LogP contribution >= 0.6 is 0 Å². The number of carboxylic acids is 2. The number of hydrogen-bond acceptors (Lipinski definition) is 21. The van der Waals surface area contributed by atoms with Crippen molar-refractivity contribution in [3.63, 3.8) is 0 Å². The standard InChI is InChI=1S/C24H29N3O7.C19H21N3O5.C19H25NO7.C5H8N2O2/c1-24(2,3)34-23(32)26-10-8-14(9-11-26)13-33-15-4-5-16-17(12-15)22(31)27(21(16)30)18-6-7-19(28)25-20(18)29;23-16-4-3-15(17(24)21-16)22-18(25)13-2-1-12(9-14(13)19(22)26)27-10-11-5-7-20-8-6-11;1-19(2,3)27-18(25)20-8-6-12(7-9-20)11-26-13-4-5-14(16(21)22)15(10-13)17(23)24;6-3-1-2-4(8)7-5(3)9/h4-5,12,14,18H,6-11,13H2,1-3H3,(H,25,28,29);1-2,9,11,15,20H,3-8,10H2,(H,21,23,24);4-5,10,12H,6-9,11H2,1-3H3,(H,21,22)(H,23,24);3H,1-2,6H2,(H,7,8,9). The molecule has 0 aromatic heterocycles. The summed E-state index contributed by atoms with van der Waals surface area (Å²) < 4.78 is 28.2. The van der Waals surface area contributed by atoms with Crippen LogP contribution in [0.25, 0.3) is 0 Å². The Morgan fingerprint density at radius 2 is 0.804 bits per heavy atom. The highest BCUT2D eigenvalue weighted by Crippen LogP contribution is 2.34. The topological polar surface area (TPSA) is 413 Å². The monoisotopic (exact) mass is 1350 g/mol. The third kappa shape index (κ3) is 19.4. The predicted octanol–water partition coefficient (Wildman–Crippen LogP) is 4.44. The Hall–Kier alpha value is -9.84. The van der Waals surface area contributed by atoms with Crippen molar-refractivity contribution in [2.75, 3.05) is 59.1 Å². The molecule has 0 saturated carbocycles. The summed E-state index contributed by atoms with van der Waals surface area (Å²) in [5.41, 5.74) is 4.54. The highest BCUT2D eigenvalue weighted by atomic mass is 16.6. The van der Waals surface area contributed by atoms with E-state index < -0.39 is 82.6 Å². The number of nitrogens with zero attached hydrogens (tertiary/aromatic N) is 4. The number of carboxylic acid groups (broad SMARTS) is 2. The van der Waals surface area contributed by atoms with Gasteiger partial charge < -0.3 is 54.7 Å². The van der Waals surface area contributed by atoms with E-state index in [0.717, 1.165) is 61.4 Å². The Morgan fingerprint density at radius 3 is 1.16 bits per heavy atom. The maximum absolute atomic E-state index is 12.9. The van der Waals surface area contributed by atoms with Gasteiger partial charge in [0.1, 0.15) is 40.5 Å². The van der Waals surface area contributed by atoms with Gasteiger partial charge in [0.15, 0.2) is 0 Å². The van der Waals surface area contributed by atoms with E-state index in [1.165, 1.54) is 30.3 Å². The molecule has 6 fully saturated rings. The van der Waals surface area contributed by atoms with E-state index >= 15 is 0 Å². The van der Waals surface area contributed by atoms with Gasteiger partial charge in [0, 0.05) is 45.4 Å². The lowest BCUT2D eigenvalue weighted by atomic mass is 9.98. The number of aromatic carboxylic acids is 2. The Kier molecular flexibility index (Phi) is 23.9. The number of rotatable bonds is 13. The zero-order valence-electron chi connectivity index (χ0n) is 55.0. The number of nitrogens with one attached hydrogen (secondary N) is 4. The van der Waals surface area contributed by atoms with E-state index in [2.05, 4.69) is 21.3 Å². The first-order valence-electron chi connectivity index (χ1n) is 32.3. The molecule has 8 N–H and O–H groups in total. The van der Waals surface area contributed by atoms with E-state index in [-0.39, 0.29) is 101 Å². The first kappa shape index (κ1) is 73.0. The first-order valence-corrected chi connectivity index (χ1v) is 32.3. The Labute approximate surface area is 558 Å². The molecule has 30 heteroatoms. The molecule has 3 aromatic rings. The molecule has 3 atom stereocenters. The average molecular weight is 1350 g/mol. The molecule has 3 unspecified atom stereocenters. The van der Waals surface area contributed by atoms with Crippen LogP contribution in [0, 0.1) is 17.8 Å². The Bertz CT molecular complexity index is 3580. The lowest BCUT2D eigenvalue weighted by Crippen LogP contribution is -2.54. The lowest BCUT2D eigenvalue weighted by molar-refractivity contribution is -0.137. The number of amides is 12. The minimum Gasteiger partial charge on any atom is -0.493 e. The van der Waals surface area contributed by atoms with Crippen LogP contribution < -0.4 is 41.2 Å². The molecule has 12 amide bonds. The number of fused-ring (bicyclic) bond motifs is 2. The molecule has 0 aliphatic carbocycles. The summed E-state index contributed by atoms with van der Waals surface area (Å²) in [7, 11) is 0. The second-order valence-electron chi connectivity index (χ2n) is 26.6. The summed E-state index contributed by atoms with van der Waals surface area (Å²) in [6.07, 6.45) is 5.78. The van der Waals surface area contributed by atoms with Crippen molar-refractivity contribution in [3.05, 3.63) is 88.0 Å². The van der Waals surface area contributed by atoms with E-state index in [1.54, 1.807) is 34.1 Å². The van der Waals surface area contributed by atoms with Crippen LogP contribution in [0.4, 0.5) is 9.59 Å². The van der Waals surface area contributed by atoms with E-state index in [4.69, 9.17) is 39.6 Å². The first-order chi connectivity index (χ1) is 45.8.